The highest BCUT2D eigenvalue weighted by Gasteiger charge is 1.89. The van der Waals surface area contributed by atoms with E-state index < -0.39 is 26.0 Å². The molecule has 0 radical (unpaired) electrons. The van der Waals surface area contributed by atoms with E-state index >= 15 is 0 Å². The summed E-state index contributed by atoms with van der Waals surface area (Å²) in [7, 11) is 0. The molecule has 0 aliphatic heterocycles. The van der Waals surface area contributed by atoms with Crippen LogP contribution in [0, 0.1) is 0 Å². The zero-order chi connectivity index (χ0) is 11.6. The first-order chi connectivity index (χ1) is 6.08. The molecule has 1 N–H and O–H groups in total. The van der Waals surface area contributed by atoms with Crippen LogP contribution < -0.4 is 0 Å². The topological polar surface area (TPSA) is 55.8 Å². The predicted molar refractivity (Wildman–Crippen MR) is 24.8 cm³/mol. The molecular formula is C4H8O4. The van der Waals surface area contributed by atoms with Crippen LogP contribution in [0.25, 0.3) is 0 Å². The molecule has 0 aromatic heterocycles. The van der Waals surface area contributed by atoms with E-state index in [4.69, 9.17) is 13.3 Å². The Morgan fingerprint density at radius 1 is 2.12 bits per heavy atom. The molecule has 0 saturated carbocycles. The van der Waals surface area contributed by atoms with E-state index in [1.807, 2.05) is 0 Å². The Morgan fingerprint density at radius 2 is 2.88 bits per heavy atom. The third-order valence-corrected chi connectivity index (χ3v) is 0.211. The van der Waals surface area contributed by atoms with E-state index in [9.17, 15) is 4.79 Å². The summed E-state index contributed by atoms with van der Waals surface area (Å²) in [5.74, 6) is -1.52. The molecule has 4 heteroatoms. The molecule has 4 nitrogen and oxygen atoms in total. The van der Waals surface area contributed by atoms with Gasteiger partial charge < -0.3 is 5.11 Å². The quantitative estimate of drug-likeness (QED) is 0.408. The SMILES string of the molecule is [2H]C([2H])C(=O)OOC([2H])([2H])C([2H])([2H])O. The van der Waals surface area contributed by atoms with Gasteiger partial charge >= 0.3 is 5.97 Å². The van der Waals surface area contributed by atoms with Crippen molar-refractivity contribution >= 4 is 5.97 Å². The summed E-state index contributed by atoms with van der Waals surface area (Å²) in [6.45, 7) is -8.67. The van der Waals surface area contributed by atoms with Crippen LogP contribution in [0.15, 0.2) is 0 Å². The van der Waals surface area contributed by atoms with E-state index in [0.717, 1.165) is 0 Å². The summed E-state index contributed by atoms with van der Waals surface area (Å²) in [4.78, 5) is 17.7. The van der Waals surface area contributed by atoms with Crippen LogP contribution in [-0.4, -0.2) is 24.2 Å². The molecule has 0 saturated heterocycles. The number of rotatable bonds is 3. The lowest BCUT2D eigenvalue weighted by atomic mass is 10.8. The second-order valence-corrected chi connectivity index (χ2v) is 0.700. The van der Waals surface area contributed by atoms with Crippen LogP contribution in [0.1, 0.15) is 15.1 Å². The van der Waals surface area contributed by atoms with Gasteiger partial charge in [0, 0.05) is 9.62 Å². The molecule has 0 bridgehead atoms. The molecule has 0 atom stereocenters. The number of hydrogen-bond acceptors (Lipinski definition) is 4. The van der Waals surface area contributed by atoms with Crippen LogP contribution in [0.5, 0.6) is 0 Å². The van der Waals surface area contributed by atoms with E-state index in [1.165, 1.54) is 0 Å². The van der Waals surface area contributed by atoms with Crippen LogP contribution in [0.2, 0.25) is 0 Å². The van der Waals surface area contributed by atoms with Gasteiger partial charge in [0.1, 0.15) is 6.56 Å². The molecule has 0 unspecified atom stereocenters. The third-order valence-electron chi connectivity index (χ3n) is 0.211. The van der Waals surface area contributed by atoms with Crippen molar-refractivity contribution in [2.75, 3.05) is 13.1 Å². The van der Waals surface area contributed by atoms with Gasteiger partial charge in [0.2, 0.25) is 0 Å². The molecule has 0 rings (SSSR count). The van der Waals surface area contributed by atoms with Crippen molar-refractivity contribution in [3.05, 3.63) is 0 Å². The van der Waals surface area contributed by atoms with Crippen LogP contribution >= 0.6 is 0 Å². The van der Waals surface area contributed by atoms with Crippen LogP contribution in [0.3, 0.4) is 0 Å². The molecule has 0 spiro atoms. The molecule has 0 fully saturated rings. The summed E-state index contributed by atoms with van der Waals surface area (Å²) in [6, 6.07) is 0. The summed E-state index contributed by atoms with van der Waals surface area (Å²) < 4.78 is 39.5. The second-order valence-electron chi connectivity index (χ2n) is 0.700. The number of aliphatic hydroxyl groups is 1. The van der Waals surface area contributed by atoms with Crippen LogP contribution in [-0.2, 0) is 14.6 Å². The fourth-order valence-corrected chi connectivity index (χ4v) is 0.0805. The standard InChI is InChI=1S/C4H8O4/c1-4(6)8-7-3-2-5/h5H,2-3H2,1H3/i1D2,2D2,3D2. The Hall–Kier alpha value is -0.610. The van der Waals surface area contributed by atoms with Gasteiger partial charge in [-0.2, -0.15) is 4.89 Å². The number of carbonyl (C=O) groups is 1. The zero-order valence-corrected chi connectivity index (χ0v) is 3.75. The fourth-order valence-electron chi connectivity index (χ4n) is 0.0805. The van der Waals surface area contributed by atoms with Crippen molar-refractivity contribution in [3.63, 3.8) is 0 Å². The van der Waals surface area contributed by atoms with E-state index in [1.54, 1.807) is 0 Å². The van der Waals surface area contributed by atoms with Gasteiger partial charge in [0.15, 0.2) is 0 Å². The normalized spacial score (nSPS) is 23.8. The molecule has 0 aliphatic rings. The molecule has 0 heterocycles. The van der Waals surface area contributed by atoms with Crippen molar-refractivity contribution in [3.8, 4) is 0 Å². The lowest BCUT2D eigenvalue weighted by Crippen LogP contribution is -2.03. The lowest BCUT2D eigenvalue weighted by molar-refractivity contribution is -0.272. The Kier molecular flexibility index (Phi) is 1.12. The highest BCUT2D eigenvalue weighted by molar-refractivity contribution is 5.65. The molecule has 0 aromatic rings. The highest BCUT2D eigenvalue weighted by Crippen LogP contribution is 1.76. The van der Waals surface area contributed by atoms with E-state index in [-0.39, 0.29) is 0 Å². The predicted octanol–water partition coefficient (Wildman–Crippen LogP) is -0.527. The molecule has 8 heavy (non-hydrogen) atoms. The van der Waals surface area contributed by atoms with Gasteiger partial charge in [0.05, 0.1) is 12.0 Å². The van der Waals surface area contributed by atoms with Crippen molar-refractivity contribution < 1.29 is 27.9 Å². The zero-order valence-electron chi connectivity index (χ0n) is 9.75. The van der Waals surface area contributed by atoms with Gasteiger partial charge in [-0.25, -0.2) is 4.79 Å². The minimum absolute atomic E-state index is 1.52. The van der Waals surface area contributed by atoms with Crippen LogP contribution in [0.4, 0.5) is 0 Å². The monoisotopic (exact) mass is 126 g/mol. The summed E-state index contributed by atoms with van der Waals surface area (Å²) in [6.07, 6.45) is 0. The van der Waals surface area contributed by atoms with E-state index in [2.05, 4.69) is 9.78 Å². The molecule has 0 amide bonds. The van der Waals surface area contributed by atoms with Crippen molar-refractivity contribution in [2.24, 2.45) is 0 Å². The minimum Gasteiger partial charge on any atom is -0.394 e. The number of hydrogen-bond donors (Lipinski definition) is 1. The Labute approximate surface area is 55.4 Å². The van der Waals surface area contributed by atoms with Gasteiger partial charge in [-0.15, -0.1) is 0 Å². The molecule has 48 valence electrons. The van der Waals surface area contributed by atoms with E-state index in [0.29, 0.717) is 0 Å². The van der Waals surface area contributed by atoms with Crippen molar-refractivity contribution in [1.29, 1.82) is 0 Å². The Balaban J connectivity index is 4.20. The second kappa shape index (κ2) is 4.55. The first-order valence-corrected chi connectivity index (χ1v) is 1.54. The third kappa shape index (κ3) is 5.39. The lowest BCUT2D eigenvalue weighted by Gasteiger charge is -1.95. The number of carbonyl (C=O) groups excluding carboxylic acids is 1. The average Bonchev–Trinajstić information content (AvgIpc) is 1.97. The molecule has 0 aromatic carbocycles. The summed E-state index contributed by atoms with van der Waals surface area (Å²) in [5.41, 5.74) is 0. The first-order valence-electron chi connectivity index (χ1n) is 4.70. The van der Waals surface area contributed by atoms with Gasteiger partial charge in [-0.3, -0.25) is 4.89 Å². The molecular weight excluding hydrogens is 112 g/mol. The highest BCUT2D eigenvalue weighted by atomic mass is 17.2. The average molecular weight is 126 g/mol. The largest absolute Gasteiger partial charge is 0.394 e. The summed E-state index contributed by atoms with van der Waals surface area (Å²) in [5, 5.41) is 8.55. The van der Waals surface area contributed by atoms with Gasteiger partial charge in [-0.1, -0.05) is 0 Å². The summed E-state index contributed by atoms with van der Waals surface area (Å²) >= 11 is 0. The smallest absolute Gasteiger partial charge is 0.339 e. The minimum atomic E-state index is -3.37. The molecule has 0 aliphatic carbocycles. The fraction of sp³-hybridized carbons (Fsp3) is 0.750. The van der Waals surface area contributed by atoms with Gasteiger partial charge in [-0.05, 0) is 0 Å². The van der Waals surface area contributed by atoms with Gasteiger partial charge in [0.25, 0.3) is 0 Å². The first kappa shape index (κ1) is 1.97. The van der Waals surface area contributed by atoms with Crippen molar-refractivity contribution in [1.82, 2.24) is 0 Å². The maximum absolute atomic E-state index is 10.4. The Bertz CT molecular complexity index is 210. The maximum Gasteiger partial charge on any atom is 0.339 e. The Morgan fingerprint density at radius 3 is 3.38 bits per heavy atom. The maximum atomic E-state index is 10.4. The van der Waals surface area contributed by atoms with Crippen molar-refractivity contribution in [2.45, 2.75) is 6.88 Å².